The van der Waals surface area contributed by atoms with Crippen molar-refractivity contribution in [3.63, 3.8) is 0 Å². The topological polar surface area (TPSA) is 40.5 Å². The first-order valence-corrected chi connectivity index (χ1v) is 7.42. The molecule has 2 unspecified atom stereocenters. The molecule has 1 fully saturated rings. The van der Waals surface area contributed by atoms with Gasteiger partial charge in [-0.05, 0) is 44.4 Å². The highest BCUT2D eigenvalue weighted by molar-refractivity contribution is 5.78. The standard InChI is InChI=1S/C15H29NO2/c1-5-13(10-12(4)17)15(18)16-8-6-14(7-9-16)11(2)3/h11-14,17H,5-10H2,1-4H3. The fourth-order valence-corrected chi connectivity index (χ4v) is 2.90. The van der Waals surface area contributed by atoms with Gasteiger partial charge >= 0.3 is 0 Å². The Morgan fingerprint density at radius 3 is 2.22 bits per heavy atom. The molecule has 0 spiro atoms. The number of hydrogen-bond acceptors (Lipinski definition) is 2. The predicted molar refractivity (Wildman–Crippen MR) is 74.2 cm³/mol. The maximum absolute atomic E-state index is 12.4. The Labute approximate surface area is 112 Å². The lowest BCUT2D eigenvalue weighted by Crippen LogP contribution is -2.43. The number of aliphatic hydroxyl groups is 1. The van der Waals surface area contributed by atoms with Crippen LogP contribution in [0.25, 0.3) is 0 Å². The lowest BCUT2D eigenvalue weighted by atomic mass is 9.86. The zero-order valence-electron chi connectivity index (χ0n) is 12.4. The first-order valence-electron chi connectivity index (χ1n) is 7.42. The zero-order chi connectivity index (χ0) is 13.7. The van der Waals surface area contributed by atoms with Gasteiger partial charge in [-0.3, -0.25) is 4.79 Å². The van der Waals surface area contributed by atoms with Crippen LogP contribution in [-0.4, -0.2) is 35.1 Å². The molecule has 0 aromatic carbocycles. The van der Waals surface area contributed by atoms with Gasteiger partial charge in [-0.2, -0.15) is 0 Å². The third-order valence-electron chi connectivity index (χ3n) is 4.26. The summed E-state index contributed by atoms with van der Waals surface area (Å²) < 4.78 is 0. The van der Waals surface area contributed by atoms with E-state index in [1.807, 2.05) is 11.8 Å². The molecular formula is C15H29NO2. The molecule has 0 saturated carbocycles. The number of nitrogens with zero attached hydrogens (tertiary/aromatic N) is 1. The Balaban J connectivity index is 2.48. The SMILES string of the molecule is CCC(CC(C)O)C(=O)N1CCC(C(C)C)CC1. The van der Waals surface area contributed by atoms with Crippen LogP contribution in [0.15, 0.2) is 0 Å². The molecule has 0 bridgehead atoms. The molecular weight excluding hydrogens is 226 g/mol. The first-order chi connectivity index (χ1) is 8.45. The van der Waals surface area contributed by atoms with Crippen LogP contribution in [-0.2, 0) is 4.79 Å². The molecule has 1 rings (SSSR count). The summed E-state index contributed by atoms with van der Waals surface area (Å²) in [6, 6.07) is 0. The van der Waals surface area contributed by atoms with Crippen molar-refractivity contribution in [1.82, 2.24) is 4.90 Å². The van der Waals surface area contributed by atoms with E-state index in [9.17, 15) is 9.90 Å². The third kappa shape index (κ3) is 4.27. The number of rotatable bonds is 5. The van der Waals surface area contributed by atoms with Crippen molar-refractivity contribution in [1.29, 1.82) is 0 Å². The fourth-order valence-electron chi connectivity index (χ4n) is 2.90. The molecule has 1 N–H and O–H groups in total. The van der Waals surface area contributed by atoms with Crippen LogP contribution in [0.5, 0.6) is 0 Å². The highest BCUT2D eigenvalue weighted by atomic mass is 16.3. The van der Waals surface area contributed by atoms with E-state index < -0.39 is 0 Å². The smallest absolute Gasteiger partial charge is 0.225 e. The Hall–Kier alpha value is -0.570. The van der Waals surface area contributed by atoms with Crippen LogP contribution in [0.3, 0.4) is 0 Å². The molecule has 0 aromatic rings. The number of hydrogen-bond donors (Lipinski definition) is 1. The summed E-state index contributed by atoms with van der Waals surface area (Å²) in [5, 5.41) is 9.45. The number of carbonyl (C=O) groups is 1. The van der Waals surface area contributed by atoms with Crippen molar-refractivity contribution in [2.24, 2.45) is 17.8 Å². The van der Waals surface area contributed by atoms with E-state index in [1.165, 1.54) is 0 Å². The number of piperidine rings is 1. The molecule has 18 heavy (non-hydrogen) atoms. The number of likely N-dealkylation sites (tertiary alicyclic amines) is 1. The molecule has 1 aliphatic rings. The van der Waals surface area contributed by atoms with Gasteiger partial charge in [0.05, 0.1) is 6.10 Å². The third-order valence-corrected chi connectivity index (χ3v) is 4.26. The molecule has 2 atom stereocenters. The Kier molecular flexibility index (Phi) is 6.13. The summed E-state index contributed by atoms with van der Waals surface area (Å²) in [5.74, 6) is 1.74. The van der Waals surface area contributed by atoms with Gasteiger partial charge in [-0.25, -0.2) is 0 Å². The highest BCUT2D eigenvalue weighted by Crippen LogP contribution is 2.26. The minimum atomic E-state index is -0.382. The molecule has 3 nitrogen and oxygen atoms in total. The van der Waals surface area contributed by atoms with E-state index in [0.29, 0.717) is 6.42 Å². The molecule has 1 heterocycles. The summed E-state index contributed by atoms with van der Waals surface area (Å²) in [6.45, 7) is 10.1. The maximum Gasteiger partial charge on any atom is 0.225 e. The van der Waals surface area contributed by atoms with E-state index in [-0.39, 0.29) is 17.9 Å². The van der Waals surface area contributed by atoms with Crippen LogP contribution in [0.1, 0.15) is 53.4 Å². The number of aliphatic hydroxyl groups excluding tert-OH is 1. The van der Waals surface area contributed by atoms with E-state index in [1.54, 1.807) is 6.92 Å². The molecule has 0 radical (unpaired) electrons. The fraction of sp³-hybridized carbons (Fsp3) is 0.933. The quantitative estimate of drug-likeness (QED) is 0.820. The van der Waals surface area contributed by atoms with Gasteiger partial charge in [0, 0.05) is 19.0 Å². The molecule has 3 heteroatoms. The number of amides is 1. The minimum absolute atomic E-state index is 0.000556. The molecule has 106 valence electrons. The highest BCUT2D eigenvalue weighted by Gasteiger charge is 2.28. The summed E-state index contributed by atoms with van der Waals surface area (Å²) >= 11 is 0. The van der Waals surface area contributed by atoms with Crippen LogP contribution >= 0.6 is 0 Å². The van der Waals surface area contributed by atoms with E-state index in [0.717, 1.165) is 44.2 Å². The van der Waals surface area contributed by atoms with Crippen molar-refractivity contribution in [2.45, 2.75) is 59.5 Å². The second kappa shape index (κ2) is 7.13. The summed E-state index contributed by atoms with van der Waals surface area (Å²) in [5.41, 5.74) is 0. The van der Waals surface area contributed by atoms with E-state index in [2.05, 4.69) is 13.8 Å². The van der Waals surface area contributed by atoms with Crippen LogP contribution in [0.2, 0.25) is 0 Å². The van der Waals surface area contributed by atoms with Gasteiger partial charge in [0.25, 0.3) is 0 Å². The summed E-state index contributed by atoms with van der Waals surface area (Å²) in [7, 11) is 0. The van der Waals surface area contributed by atoms with Crippen molar-refractivity contribution in [2.75, 3.05) is 13.1 Å². The molecule has 0 aliphatic carbocycles. The van der Waals surface area contributed by atoms with Crippen molar-refractivity contribution >= 4 is 5.91 Å². The minimum Gasteiger partial charge on any atom is -0.393 e. The second-order valence-corrected chi connectivity index (χ2v) is 6.10. The van der Waals surface area contributed by atoms with E-state index in [4.69, 9.17) is 0 Å². The number of carbonyl (C=O) groups excluding carboxylic acids is 1. The van der Waals surface area contributed by atoms with Crippen LogP contribution in [0.4, 0.5) is 0 Å². The van der Waals surface area contributed by atoms with Gasteiger partial charge in [0.15, 0.2) is 0 Å². The van der Waals surface area contributed by atoms with Gasteiger partial charge in [-0.1, -0.05) is 20.8 Å². The first kappa shape index (κ1) is 15.5. The van der Waals surface area contributed by atoms with Crippen LogP contribution in [0, 0.1) is 17.8 Å². The lowest BCUT2D eigenvalue weighted by Gasteiger charge is -2.35. The zero-order valence-corrected chi connectivity index (χ0v) is 12.4. The monoisotopic (exact) mass is 255 g/mol. The Bertz CT molecular complexity index is 255. The second-order valence-electron chi connectivity index (χ2n) is 6.10. The lowest BCUT2D eigenvalue weighted by molar-refractivity contribution is -0.138. The largest absolute Gasteiger partial charge is 0.393 e. The van der Waals surface area contributed by atoms with Gasteiger partial charge in [0.1, 0.15) is 0 Å². The molecule has 1 aliphatic heterocycles. The Morgan fingerprint density at radius 2 is 1.83 bits per heavy atom. The normalized spacial score (nSPS) is 21.1. The van der Waals surface area contributed by atoms with Gasteiger partial charge < -0.3 is 10.0 Å². The maximum atomic E-state index is 12.4. The van der Waals surface area contributed by atoms with Crippen molar-refractivity contribution in [3.05, 3.63) is 0 Å². The summed E-state index contributed by atoms with van der Waals surface area (Å²) in [6.07, 6.45) is 3.31. The predicted octanol–water partition coefficient (Wildman–Crippen LogP) is 2.68. The average molecular weight is 255 g/mol. The molecule has 1 saturated heterocycles. The van der Waals surface area contributed by atoms with Crippen LogP contribution < -0.4 is 0 Å². The van der Waals surface area contributed by atoms with E-state index >= 15 is 0 Å². The molecule has 0 aromatic heterocycles. The van der Waals surface area contributed by atoms with Gasteiger partial charge in [-0.15, -0.1) is 0 Å². The average Bonchev–Trinajstić information content (AvgIpc) is 2.35. The van der Waals surface area contributed by atoms with Crippen molar-refractivity contribution < 1.29 is 9.90 Å². The van der Waals surface area contributed by atoms with Gasteiger partial charge in [0.2, 0.25) is 5.91 Å². The Morgan fingerprint density at radius 1 is 1.28 bits per heavy atom. The van der Waals surface area contributed by atoms with Crippen molar-refractivity contribution in [3.8, 4) is 0 Å². The molecule has 1 amide bonds. The summed E-state index contributed by atoms with van der Waals surface area (Å²) in [4.78, 5) is 14.4.